The van der Waals surface area contributed by atoms with E-state index in [4.69, 9.17) is 0 Å². The van der Waals surface area contributed by atoms with Crippen molar-refractivity contribution < 1.29 is 23.8 Å². The van der Waals surface area contributed by atoms with Crippen molar-refractivity contribution in [2.75, 3.05) is 0 Å². The van der Waals surface area contributed by atoms with E-state index in [1.165, 1.54) is 0 Å². The van der Waals surface area contributed by atoms with Crippen molar-refractivity contribution in [3.63, 3.8) is 0 Å². The molecule has 8 nitrogen and oxygen atoms in total. The van der Waals surface area contributed by atoms with Gasteiger partial charge in [0, 0.05) is 24.1 Å². The molecular formula is C12H11FN2O6. The van der Waals surface area contributed by atoms with Crippen LogP contribution < -0.4 is 0 Å². The normalized spacial score (nSPS) is 11.7. The smallest absolute Gasteiger partial charge is 0.277 e. The number of carbonyl (C=O) groups excluding carboxylic acids is 2. The summed E-state index contributed by atoms with van der Waals surface area (Å²) in [6.45, 7) is 1.62. The van der Waals surface area contributed by atoms with E-state index < -0.39 is 44.5 Å². The Morgan fingerprint density at radius 1 is 1.14 bits per heavy atom. The first kappa shape index (κ1) is 16.3. The molecule has 9 heteroatoms. The second-order valence-corrected chi connectivity index (χ2v) is 4.20. The summed E-state index contributed by atoms with van der Waals surface area (Å²) >= 11 is 0. The molecule has 0 spiro atoms. The lowest BCUT2D eigenvalue weighted by atomic mass is 10.0. The lowest BCUT2D eigenvalue weighted by molar-refractivity contribution is -0.394. The molecule has 1 aromatic rings. The zero-order chi connectivity index (χ0) is 16.2. The Hall–Kier alpha value is -2.71. The number of non-ortho nitro benzene ring substituents is 2. The van der Waals surface area contributed by atoms with Gasteiger partial charge >= 0.3 is 0 Å². The van der Waals surface area contributed by atoms with Gasteiger partial charge in [-0.05, 0) is 6.42 Å². The standard InChI is InChI=1S/C12H11FN2O6/c1-2-3-10(16)11(13)12(17)7-4-8(14(18)19)6-9(5-7)15(20)21/h4-6,11H,2-3H2,1H3. The minimum absolute atomic E-state index is 0.163. The topological polar surface area (TPSA) is 120 Å². The van der Waals surface area contributed by atoms with E-state index in [0.29, 0.717) is 24.6 Å². The molecule has 0 amide bonds. The van der Waals surface area contributed by atoms with Crippen LogP contribution in [0.4, 0.5) is 15.8 Å². The molecule has 0 aliphatic carbocycles. The minimum Gasteiger partial charge on any atom is -0.296 e. The second kappa shape index (κ2) is 6.64. The monoisotopic (exact) mass is 298 g/mol. The summed E-state index contributed by atoms with van der Waals surface area (Å²) in [5, 5.41) is 21.3. The van der Waals surface area contributed by atoms with Crippen LogP contribution in [0.2, 0.25) is 0 Å². The average molecular weight is 298 g/mol. The number of halogens is 1. The highest BCUT2D eigenvalue weighted by atomic mass is 19.1. The predicted molar refractivity (Wildman–Crippen MR) is 68.9 cm³/mol. The first-order chi connectivity index (χ1) is 9.77. The Labute approximate surface area is 117 Å². The first-order valence-electron chi connectivity index (χ1n) is 5.92. The molecule has 0 aromatic heterocycles. The fraction of sp³-hybridized carbons (Fsp3) is 0.333. The number of Topliss-reactive ketones (excluding diaryl/α,β-unsaturated/α-hetero) is 2. The molecule has 0 N–H and O–H groups in total. The van der Waals surface area contributed by atoms with Crippen LogP contribution in [0.1, 0.15) is 30.1 Å². The first-order valence-corrected chi connectivity index (χ1v) is 5.92. The molecule has 112 valence electrons. The predicted octanol–water partition coefficient (Wildman–Crippen LogP) is 2.39. The number of nitrogens with zero attached hydrogens (tertiary/aromatic N) is 2. The van der Waals surface area contributed by atoms with Gasteiger partial charge in [-0.2, -0.15) is 0 Å². The third kappa shape index (κ3) is 3.88. The number of alkyl halides is 1. The SMILES string of the molecule is CCCC(=O)C(F)C(=O)c1cc([N+](=O)[O-])cc([N+](=O)[O-])c1. The van der Waals surface area contributed by atoms with Gasteiger partial charge in [0.05, 0.1) is 15.9 Å². The van der Waals surface area contributed by atoms with Gasteiger partial charge in [-0.25, -0.2) is 4.39 Å². The van der Waals surface area contributed by atoms with Gasteiger partial charge in [0.1, 0.15) is 0 Å². The zero-order valence-corrected chi connectivity index (χ0v) is 10.9. The Kier molecular flexibility index (Phi) is 5.17. The molecule has 1 unspecified atom stereocenters. The van der Waals surface area contributed by atoms with Crippen LogP contribution in [0.5, 0.6) is 0 Å². The van der Waals surface area contributed by atoms with Crippen molar-refractivity contribution in [2.45, 2.75) is 25.9 Å². The number of nitro groups is 2. The molecule has 1 aromatic carbocycles. The molecule has 0 heterocycles. The van der Waals surface area contributed by atoms with Crippen molar-refractivity contribution in [3.05, 3.63) is 44.0 Å². The molecule has 0 aliphatic rings. The molecule has 1 atom stereocenters. The van der Waals surface area contributed by atoms with E-state index in [9.17, 15) is 34.2 Å². The van der Waals surface area contributed by atoms with Crippen LogP contribution in [0, 0.1) is 20.2 Å². The van der Waals surface area contributed by atoms with Crippen molar-refractivity contribution in [3.8, 4) is 0 Å². The van der Waals surface area contributed by atoms with Gasteiger partial charge < -0.3 is 0 Å². The van der Waals surface area contributed by atoms with Gasteiger partial charge in [-0.1, -0.05) is 6.92 Å². The lowest BCUT2D eigenvalue weighted by Gasteiger charge is -2.06. The number of benzene rings is 1. The summed E-state index contributed by atoms with van der Waals surface area (Å²) in [7, 11) is 0. The third-order valence-corrected chi connectivity index (χ3v) is 2.62. The Morgan fingerprint density at radius 2 is 1.62 bits per heavy atom. The molecule has 1 rings (SSSR count). The molecule has 0 aliphatic heterocycles. The Balaban J connectivity index is 3.22. The highest BCUT2D eigenvalue weighted by Crippen LogP contribution is 2.24. The summed E-state index contributed by atoms with van der Waals surface area (Å²) in [4.78, 5) is 42.6. The quantitative estimate of drug-likeness (QED) is 0.330. The number of hydrogen-bond acceptors (Lipinski definition) is 6. The molecule has 0 saturated carbocycles. The fourth-order valence-electron chi connectivity index (χ4n) is 1.61. The van der Waals surface area contributed by atoms with Crippen molar-refractivity contribution in [1.82, 2.24) is 0 Å². The number of nitro benzene ring substituents is 2. The van der Waals surface area contributed by atoms with Gasteiger partial charge in [0.15, 0.2) is 5.78 Å². The Bertz CT molecular complexity index is 584. The molecule has 0 fully saturated rings. The second-order valence-electron chi connectivity index (χ2n) is 4.20. The summed E-state index contributed by atoms with van der Waals surface area (Å²) in [5.41, 5.74) is -2.02. The molecule has 0 bridgehead atoms. The van der Waals surface area contributed by atoms with Gasteiger partial charge in [0.25, 0.3) is 11.4 Å². The molecule has 0 radical (unpaired) electrons. The maximum Gasteiger partial charge on any atom is 0.277 e. The molecular weight excluding hydrogens is 287 g/mol. The van der Waals surface area contributed by atoms with Crippen LogP contribution >= 0.6 is 0 Å². The zero-order valence-electron chi connectivity index (χ0n) is 10.9. The minimum atomic E-state index is -2.48. The molecule has 0 saturated heterocycles. The van der Waals surface area contributed by atoms with Crippen LogP contribution in [-0.2, 0) is 4.79 Å². The maximum atomic E-state index is 13.7. The van der Waals surface area contributed by atoms with E-state index in [0.717, 1.165) is 0 Å². The van der Waals surface area contributed by atoms with Crippen molar-refractivity contribution in [1.29, 1.82) is 0 Å². The average Bonchev–Trinajstić information content (AvgIpc) is 2.45. The number of hydrogen-bond donors (Lipinski definition) is 0. The van der Waals surface area contributed by atoms with Crippen LogP contribution in [0.15, 0.2) is 18.2 Å². The lowest BCUT2D eigenvalue weighted by Crippen LogP contribution is -2.25. The number of rotatable bonds is 7. The van der Waals surface area contributed by atoms with E-state index >= 15 is 0 Å². The molecule has 21 heavy (non-hydrogen) atoms. The highest BCUT2D eigenvalue weighted by Gasteiger charge is 2.29. The number of carbonyl (C=O) groups is 2. The third-order valence-electron chi connectivity index (χ3n) is 2.62. The van der Waals surface area contributed by atoms with Gasteiger partial charge in [-0.3, -0.25) is 29.8 Å². The van der Waals surface area contributed by atoms with E-state index in [2.05, 4.69) is 0 Å². The summed E-state index contributed by atoms with van der Waals surface area (Å²) in [5.74, 6) is -2.28. The van der Waals surface area contributed by atoms with Crippen LogP contribution in [-0.4, -0.2) is 27.6 Å². The van der Waals surface area contributed by atoms with Crippen molar-refractivity contribution in [2.24, 2.45) is 0 Å². The van der Waals surface area contributed by atoms with Crippen LogP contribution in [0.25, 0.3) is 0 Å². The summed E-state index contributed by atoms with van der Waals surface area (Å²) in [6.07, 6.45) is -2.31. The maximum absolute atomic E-state index is 13.7. The van der Waals surface area contributed by atoms with E-state index in [-0.39, 0.29) is 6.42 Å². The van der Waals surface area contributed by atoms with E-state index in [1.54, 1.807) is 6.92 Å². The Morgan fingerprint density at radius 3 is 2.00 bits per heavy atom. The van der Waals surface area contributed by atoms with Crippen LogP contribution in [0.3, 0.4) is 0 Å². The van der Waals surface area contributed by atoms with Crippen molar-refractivity contribution >= 4 is 22.9 Å². The highest BCUT2D eigenvalue weighted by molar-refractivity contribution is 6.13. The fourth-order valence-corrected chi connectivity index (χ4v) is 1.61. The number of ketones is 2. The largest absolute Gasteiger partial charge is 0.296 e. The van der Waals surface area contributed by atoms with E-state index in [1.807, 2.05) is 0 Å². The van der Waals surface area contributed by atoms with Gasteiger partial charge in [-0.15, -0.1) is 0 Å². The summed E-state index contributed by atoms with van der Waals surface area (Å²) in [6, 6.07) is 2.07. The summed E-state index contributed by atoms with van der Waals surface area (Å²) < 4.78 is 13.7. The van der Waals surface area contributed by atoms with Gasteiger partial charge in [0.2, 0.25) is 12.0 Å².